The number of urea groups is 1. The number of likely N-dealkylation sites (tertiary alicyclic amines) is 1. The summed E-state index contributed by atoms with van der Waals surface area (Å²) in [6.07, 6.45) is 1.73. The van der Waals surface area contributed by atoms with Crippen LogP contribution in [0.15, 0.2) is 28.8 Å². The maximum absolute atomic E-state index is 12.1. The largest absolute Gasteiger partial charge is 0.394 e. The van der Waals surface area contributed by atoms with Gasteiger partial charge in [-0.3, -0.25) is 0 Å². The van der Waals surface area contributed by atoms with Crippen molar-refractivity contribution in [2.45, 2.75) is 25.4 Å². The number of aliphatic hydroxyl groups excluding tert-OH is 1. The second-order valence-electron chi connectivity index (χ2n) is 5.35. The van der Waals surface area contributed by atoms with E-state index in [2.05, 4.69) is 15.5 Å². The van der Waals surface area contributed by atoms with Crippen LogP contribution in [0.25, 0.3) is 11.4 Å². The first-order chi connectivity index (χ1) is 11.2. The van der Waals surface area contributed by atoms with Gasteiger partial charge in [-0.15, -0.1) is 0 Å². The van der Waals surface area contributed by atoms with Gasteiger partial charge in [-0.1, -0.05) is 16.8 Å². The molecule has 23 heavy (non-hydrogen) atoms. The van der Waals surface area contributed by atoms with E-state index in [0.29, 0.717) is 23.3 Å². The molecule has 8 heteroatoms. The topological polar surface area (TPSA) is 91.5 Å². The van der Waals surface area contributed by atoms with E-state index in [9.17, 15) is 9.90 Å². The zero-order chi connectivity index (χ0) is 16.2. The average Bonchev–Trinajstić information content (AvgIpc) is 3.22. The third kappa shape index (κ3) is 3.62. The number of benzene rings is 1. The first-order valence-corrected chi connectivity index (χ1v) is 7.79. The summed E-state index contributed by atoms with van der Waals surface area (Å²) < 4.78 is 5.14. The second kappa shape index (κ2) is 6.97. The number of nitrogens with zero attached hydrogens (tertiary/aromatic N) is 3. The minimum absolute atomic E-state index is 0.0192. The normalized spacial score (nSPS) is 17.5. The molecule has 1 fully saturated rings. The summed E-state index contributed by atoms with van der Waals surface area (Å²) in [7, 11) is 0. The highest BCUT2D eigenvalue weighted by molar-refractivity contribution is 6.30. The van der Waals surface area contributed by atoms with E-state index in [4.69, 9.17) is 16.1 Å². The summed E-state index contributed by atoms with van der Waals surface area (Å²) in [5.41, 5.74) is 0.788. The highest BCUT2D eigenvalue weighted by atomic mass is 35.5. The molecule has 2 heterocycles. The van der Waals surface area contributed by atoms with Gasteiger partial charge in [-0.25, -0.2) is 4.79 Å². The summed E-state index contributed by atoms with van der Waals surface area (Å²) >= 11 is 5.84. The van der Waals surface area contributed by atoms with Gasteiger partial charge in [0.15, 0.2) is 0 Å². The Bertz CT molecular complexity index is 674. The number of rotatable bonds is 4. The number of nitrogens with one attached hydrogen (secondary N) is 1. The van der Waals surface area contributed by atoms with Crippen LogP contribution in [-0.4, -0.2) is 45.4 Å². The maximum atomic E-state index is 12.1. The number of hydrogen-bond acceptors (Lipinski definition) is 5. The molecule has 1 aliphatic rings. The molecule has 0 aliphatic carbocycles. The Kier molecular flexibility index (Phi) is 4.78. The molecule has 0 saturated carbocycles. The molecular formula is C15H17ClN4O3. The lowest BCUT2D eigenvalue weighted by Crippen LogP contribution is -2.43. The Hall–Kier alpha value is -2.12. The first-order valence-electron chi connectivity index (χ1n) is 7.41. The summed E-state index contributed by atoms with van der Waals surface area (Å²) in [6, 6.07) is 6.75. The van der Waals surface area contributed by atoms with E-state index in [1.807, 2.05) is 0 Å². The number of amides is 2. The quantitative estimate of drug-likeness (QED) is 0.891. The molecule has 1 aliphatic heterocycles. The molecule has 0 radical (unpaired) electrons. The standard InChI is InChI=1S/C15H17ClN4O3/c16-11-5-3-10(4-6-11)14-18-13(23-19-14)8-17-15(22)20-7-1-2-12(20)9-21/h3-6,12,21H,1-2,7-9H2,(H,17,22)/t12-/m0/s1. The van der Waals surface area contributed by atoms with E-state index in [1.165, 1.54) is 0 Å². The Morgan fingerprint density at radius 2 is 2.22 bits per heavy atom. The van der Waals surface area contributed by atoms with Crippen molar-refractivity contribution in [3.05, 3.63) is 35.2 Å². The van der Waals surface area contributed by atoms with Crippen LogP contribution in [0.3, 0.4) is 0 Å². The minimum atomic E-state index is -0.229. The van der Waals surface area contributed by atoms with Crippen molar-refractivity contribution in [2.75, 3.05) is 13.2 Å². The molecule has 3 rings (SSSR count). The van der Waals surface area contributed by atoms with Crippen molar-refractivity contribution in [1.29, 1.82) is 0 Å². The number of aliphatic hydroxyl groups is 1. The van der Waals surface area contributed by atoms with Crippen molar-refractivity contribution in [3.8, 4) is 11.4 Å². The number of hydrogen-bond donors (Lipinski definition) is 2. The van der Waals surface area contributed by atoms with Gasteiger partial charge >= 0.3 is 6.03 Å². The highest BCUT2D eigenvalue weighted by Crippen LogP contribution is 2.19. The third-order valence-corrected chi connectivity index (χ3v) is 4.06. The molecule has 0 unspecified atom stereocenters. The fourth-order valence-corrected chi connectivity index (χ4v) is 2.71. The van der Waals surface area contributed by atoms with E-state index in [1.54, 1.807) is 29.2 Å². The molecular weight excluding hydrogens is 320 g/mol. The van der Waals surface area contributed by atoms with Gasteiger partial charge in [0.25, 0.3) is 0 Å². The van der Waals surface area contributed by atoms with Gasteiger partial charge < -0.3 is 19.8 Å². The SMILES string of the molecule is O=C(NCc1nc(-c2ccc(Cl)cc2)no1)N1CCC[C@H]1CO. The predicted molar refractivity (Wildman–Crippen MR) is 83.8 cm³/mol. The van der Waals surface area contributed by atoms with Gasteiger partial charge in [-0.2, -0.15) is 4.98 Å². The van der Waals surface area contributed by atoms with Crippen LogP contribution in [-0.2, 0) is 6.54 Å². The molecule has 1 atom stereocenters. The predicted octanol–water partition coefficient (Wildman–Crippen LogP) is 2.06. The number of aromatic nitrogens is 2. The molecule has 0 bridgehead atoms. The fourth-order valence-electron chi connectivity index (χ4n) is 2.59. The number of carbonyl (C=O) groups is 1. The zero-order valence-corrected chi connectivity index (χ0v) is 13.2. The Morgan fingerprint density at radius 1 is 1.43 bits per heavy atom. The van der Waals surface area contributed by atoms with Crippen molar-refractivity contribution in [3.63, 3.8) is 0 Å². The van der Waals surface area contributed by atoms with E-state index in [-0.39, 0.29) is 25.2 Å². The summed E-state index contributed by atoms with van der Waals surface area (Å²) in [4.78, 5) is 18.0. The van der Waals surface area contributed by atoms with Gasteiger partial charge in [0.2, 0.25) is 11.7 Å². The van der Waals surface area contributed by atoms with Crippen LogP contribution in [0.5, 0.6) is 0 Å². The van der Waals surface area contributed by atoms with Crippen LogP contribution < -0.4 is 5.32 Å². The Labute approximate surface area is 138 Å². The van der Waals surface area contributed by atoms with Crippen molar-refractivity contribution in [1.82, 2.24) is 20.4 Å². The molecule has 2 N–H and O–H groups in total. The Balaban J connectivity index is 1.59. The first kappa shape index (κ1) is 15.8. The maximum Gasteiger partial charge on any atom is 0.318 e. The van der Waals surface area contributed by atoms with Crippen LogP contribution in [0.2, 0.25) is 5.02 Å². The molecule has 122 valence electrons. The van der Waals surface area contributed by atoms with Crippen LogP contribution in [0.4, 0.5) is 4.79 Å². The third-order valence-electron chi connectivity index (χ3n) is 3.81. The summed E-state index contributed by atoms with van der Waals surface area (Å²) in [5.74, 6) is 0.767. The second-order valence-corrected chi connectivity index (χ2v) is 5.79. The molecule has 2 aromatic rings. The van der Waals surface area contributed by atoms with Crippen LogP contribution >= 0.6 is 11.6 Å². The van der Waals surface area contributed by atoms with Crippen molar-refractivity contribution in [2.24, 2.45) is 0 Å². The molecule has 2 amide bonds. The lowest BCUT2D eigenvalue weighted by atomic mass is 10.2. The highest BCUT2D eigenvalue weighted by Gasteiger charge is 2.28. The average molecular weight is 337 g/mol. The van der Waals surface area contributed by atoms with Gasteiger partial charge in [0.05, 0.1) is 19.2 Å². The Morgan fingerprint density at radius 3 is 2.96 bits per heavy atom. The summed E-state index contributed by atoms with van der Waals surface area (Å²) in [5, 5.41) is 16.5. The smallest absolute Gasteiger partial charge is 0.318 e. The number of halogens is 1. The lowest BCUT2D eigenvalue weighted by molar-refractivity contribution is 0.156. The van der Waals surface area contributed by atoms with E-state index < -0.39 is 0 Å². The van der Waals surface area contributed by atoms with Crippen LogP contribution in [0.1, 0.15) is 18.7 Å². The van der Waals surface area contributed by atoms with Crippen LogP contribution in [0, 0.1) is 0 Å². The van der Waals surface area contributed by atoms with Gasteiger partial charge in [0.1, 0.15) is 0 Å². The van der Waals surface area contributed by atoms with Crippen molar-refractivity contribution < 1.29 is 14.4 Å². The molecule has 1 saturated heterocycles. The fraction of sp³-hybridized carbons (Fsp3) is 0.400. The van der Waals surface area contributed by atoms with Gasteiger partial charge in [-0.05, 0) is 37.1 Å². The monoisotopic (exact) mass is 336 g/mol. The number of carbonyl (C=O) groups excluding carboxylic acids is 1. The van der Waals surface area contributed by atoms with Crippen molar-refractivity contribution >= 4 is 17.6 Å². The van der Waals surface area contributed by atoms with Gasteiger partial charge in [0, 0.05) is 17.1 Å². The molecule has 7 nitrogen and oxygen atoms in total. The zero-order valence-electron chi connectivity index (χ0n) is 12.4. The lowest BCUT2D eigenvalue weighted by Gasteiger charge is -2.22. The van der Waals surface area contributed by atoms with E-state index in [0.717, 1.165) is 18.4 Å². The molecule has 1 aromatic carbocycles. The minimum Gasteiger partial charge on any atom is -0.394 e. The molecule has 1 aromatic heterocycles. The summed E-state index contributed by atoms with van der Waals surface area (Å²) in [6.45, 7) is 0.777. The van der Waals surface area contributed by atoms with E-state index >= 15 is 0 Å². The molecule has 0 spiro atoms.